The third-order valence-electron chi connectivity index (χ3n) is 4.48. The molecule has 0 aliphatic carbocycles. The minimum atomic E-state index is -0.217. The largest absolute Gasteiger partial charge is 0.355 e. The molecular weight excluding hydrogens is 318 g/mol. The standard InChI is InChI=1S/C18H19N5O2/c1-2-16-20-21-17-9-8-13(11-23(16)17)19-18(24)14-10-15(25-22-14)12-6-4-3-5-7-12/h3-7,10,13H,2,8-9,11H2,1H3,(H,19,24)/t13-/m1/s1. The molecule has 7 nitrogen and oxygen atoms in total. The van der Waals surface area contributed by atoms with Gasteiger partial charge in [-0.3, -0.25) is 4.79 Å². The number of aryl methyl sites for hydroxylation is 2. The van der Waals surface area contributed by atoms with Crippen molar-refractivity contribution in [3.8, 4) is 11.3 Å². The quantitative estimate of drug-likeness (QED) is 0.789. The molecule has 0 unspecified atom stereocenters. The third kappa shape index (κ3) is 3.05. The Bertz CT molecular complexity index is 871. The van der Waals surface area contributed by atoms with E-state index < -0.39 is 0 Å². The number of aromatic nitrogens is 4. The highest BCUT2D eigenvalue weighted by Gasteiger charge is 2.25. The van der Waals surface area contributed by atoms with Gasteiger partial charge in [-0.2, -0.15) is 0 Å². The first-order chi connectivity index (χ1) is 12.2. The highest BCUT2D eigenvalue weighted by atomic mass is 16.5. The fourth-order valence-corrected chi connectivity index (χ4v) is 3.14. The van der Waals surface area contributed by atoms with Crippen molar-refractivity contribution in [2.75, 3.05) is 0 Å². The van der Waals surface area contributed by atoms with Crippen LogP contribution in [0.25, 0.3) is 11.3 Å². The van der Waals surface area contributed by atoms with Crippen LogP contribution in [0.3, 0.4) is 0 Å². The molecule has 1 atom stereocenters. The predicted molar refractivity (Wildman–Crippen MR) is 90.9 cm³/mol. The maximum Gasteiger partial charge on any atom is 0.273 e. The van der Waals surface area contributed by atoms with Crippen LogP contribution in [0.2, 0.25) is 0 Å². The van der Waals surface area contributed by atoms with Gasteiger partial charge in [0.1, 0.15) is 11.6 Å². The molecule has 128 valence electrons. The normalized spacial score (nSPS) is 16.4. The van der Waals surface area contributed by atoms with Crippen LogP contribution in [0.15, 0.2) is 40.9 Å². The van der Waals surface area contributed by atoms with E-state index in [0.717, 1.165) is 36.5 Å². The predicted octanol–water partition coefficient (Wildman–Crippen LogP) is 2.24. The number of carbonyl (C=O) groups is 1. The molecule has 0 spiro atoms. The van der Waals surface area contributed by atoms with E-state index in [0.29, 0.717) is 18.0 Å². The van der Waals surface area contributed by atoms with Crippen LogP contribution < -0.4 is 5.32 Å². The summed E-state index contributed by atoms with van der Waals surface area (Å²) in [5, 5.41) is 15.4. The van der Waals surface area contributed by atoms with Crippen molar-refractivity contribution in [3.63, 3.8) is 0 Å². The van der Waals surface area contributed by atoms with E-state index in [2.05, 4.69) is 32.2 Å². The van der Waals surface area contributed by atoms with Crippen LogP contribution in [-0.2, 0) is 19.4 Å². The van der Waals surface area contributed by atoms with Crippen LogP contribution in [-0.4, -0.2) is 31.9 Å². The second-order valence-electron chi connectivity index (χ2n) is 6.15. The number of benzene rings is 1. The molecule has 0 saturated heterocycles. The Morgan fingerprint density at radius 2 is 2.16 bits per heavy atom. The van der Waals surface area contributed by atoms with E-state index >= 15 is 0 Å². The lowest BCUT2D eigenvalue weighted by Crippen LogP contribution is -2.41. The van der Waals surface area contributed by atoms with Gasteiger partial charge in [-0.05, 0) is 6.42 Å². The highest BCUT2D eigenvalue weighted by molar-refractivity contribution is 5.93. The number of rotatable bonds is 4. The van der Waals surface area contributed by atoms with Crippen LogP contribution in [0, 0.1) is 0 Å². The van der Waals surface area contributed by atoms with E-state index in [1.165, 1.54) is 0 Å². The lowest BCUT2D eigenvalue weighted by molar-refractivity contribution is 0.0918. The average molecular weight is 337 g/mol. The van der Waals surface area contributed by atoms with Gasteiger partial charge in [-0.25, -0.2) is 0 Å². The van der Waals surface area contributed by atoms with Gasteiger partial charge in [0.15, 0.2) is 11.5 Å². The number of amides is 1. The summed E-state index contributed by atoms with van der Waals surface area (Å²) in [4.78, 5) is 12.5. The fourth-order valence-electron chi connectivity index (χ4n) is 3.14. The van der Waals surface area contributed by atoms with Crippen LogP contribution in [0.5, 0.6) is 0 Å². The zero-order valence-corrected chi connectivity index (χ0v) is 14.0. The topological polar surface area (TPSA) is 85.8 Å². The van der Waals surface area contributed by atoms with Gasteiger partial charge in [0.25, 0.3) is 5.91 Å². The molecular formula is C18H19N5O2. The van der Waals surface area contributed by atoms with Gasteiger partial charge in [0.05, 0.1) is 0 Å². The first kappa shape index (κ1) is 15.6. The number of nitrogens with one attached hydrogen (secondary N) is 1. The smallest absolute Gasteiger partial charge is 0.273 e. The first-order valence-corrected chi connectivity index (χ1v) is 8.48. The monoisotopic (exact) mass is 337 g/mol. The maximum absolute atomic E-state index is 12.5. The third-order valence-corrected chi connectivity index (χ3v) is 4.48. The van der Waals surface area contributed by atoms with Crippen molar-refractivity contribution in [1.29, 1.82) is 0 Å². The lowest BCUT2D eigenvalue weighted by Gasteiger charge is -2.24. The van der Waals surface area contributed by atoms with E-state index in [1.54, 1.807) is 6.07 Å². The summed E-state index contributed by atoms with van der Waals surface area (Å²) in [6.45, 7) is 2.75. The van der Waals surface area contributed by atoms with Gasteiger partial charge in [-0.1, -0.05) is 42.4 Å². The average Bonchev–Trinajstić information content (AvgIpc) is 3.29. The van der Waals surface area contributed by atoms with Gasteiger partial charge in [0, 0.05) is 37.1 Å². The molecule has 0 fully saturated rings. The summed E-state index contributed by atoms with van der Waals surface area (Å²) in [6, 6.07) is 11.3. The second kappa shape index (κ2) is 6.51. The zero-order valence-electron chi connectivity index (χ0n) is 14.0. The van der Waals surface area contributed by atoms with Gasteiger partial charge in [0.2, 0.25) is 0 Å². The molecule has 4 rings (SSSR count). The molecule has 3 heterocycles. The Morgan fingerprint density at radius 1 is 1.32 bits per heavy atom. The summed E-state index contributed by atoms with van der Waals surface area (Å²) >= 11 is 0. The van der Waals surface area contributed by atoms with Crippen LogP contribution >= 0.6 is 0 Å². The van der Waals surface area contributed by atoms with E-state index in [4.69, 9.17) is 4.52 Å². The molecule has 1 amide bonds. The van der Waals surface area contributed by atoms with Gasteiger partial charge in [-0.15, -0.1) is 10.2 Å². The van der Waals surface area contributed by atoms with Crippen molar-refractivity contribution in [2.24, 2.45) is 0 Å². The molecule has 0 saturated carbocycles. The molecule has 1 N–H and O–H groups in total. The Morgan fingerprint density at radius 3 is 2.96 bits per heavy atom. The molecule has 0 bridgehead atoms. The van der Waals surface area contributed by atoms with E-state index in [1.807, 2.05) is 30.3 Å². The van der Waals surface area contributed by atoms with Crippen molar-refractivity contribution in [1.82, 2.24) is 25.2 Å². The SMILES string of the molecule is CCc1nnc2n1C[C@H](NC(=O)c1cc(-c3ccccc3)on1)CC2. The first-order valence-electron chi connectivity index (χ1n) is 8.48. The zero-order chi connectivity index (χ0) is 17.2. The molecule has 1 aliphatic heterocycles. The number of fused-ring (bicyclic) bond motifs is 1. The van der Waals surface area contributed by atoms with Gasteiger partial charge < -0.3 is 14.4 Å². The maximum atomic E-state index is 12.5. The fraction of sp³-hybridized carbons (Fsp3) is 0.333. The number of hydrogen-bond donors (Lipinski definition) is 1. The highest BCUT2D eigenvalue weighted by Crippen LogP contribution is 2.20. The minimum Gasteiger partial charge on any atom is -0.355 e. The van der Waals surface area contributed by atoms with Gasteiger partial charge >= 0.3 is 0 Å². The van der Waals surface area contributed by atoms with E-state index in [-0.39, 0.29) is 11.9 Å². The summed E-state index contributed by atoms with van der Waals surface area (Å²) < 4.78 is 7.41. The molecule has 3 aromatic rings. The number of hydrogen-bond acceptors (Lipinski definition) is 5. The number of nitrogens with zero attached hydrogens (tertiary/aromatic N) is 4. The Kier molecular flexibility index (Phi) is 4.05. The van der Waals surface area contributed by atoms with Crippen molar-refractivity contribution in [3.05, 3.63) is 53.7 Å². The molecule has 1 aliphatic rings. The van der Waals surface area contributed by atoms with E-state index in [9.17, 15) is 4.79 Å². The summed E-state index contributed by atoms with van der Waals surface area (Å²) in [5.41, 5.74) is 1.19. The van der Waals surface area contributed by atoms with Crippen LogP contribution in [0.4, 0.5) is 0 Å². The molecule has 2 aromatic heterocycles. The lowest BCUT2D eigenvalue weighted by atomic mass is 10.1. The number of carbonyl (C=O) groups excluding carboxylic acids is 1. The van der Waals surface area contributed by atoms with Crippen molar-refractivity contribution in [2.45, 2.75) is 38.8 Å². The van der Waals surface area contributed by atoms with Crippen molar-refractivity contribution < 1.29 is 9.32 Å². The molecule has 1 aromatic carbocycles. The molecule has 25 heavy (non-hydrogen) atoms. The molecule has 0 radical (unpaired) electrons. The minimum absolute atomic E-state index is 0.0400. The Labute approximate surface area is 145 Å². The second-order valence-corrected chi connectivity index (χ2v) is 6.15. The Balaban J connectivity index is 1.45. The summed E-state index contributed by atoms with van der Waals surface area (Å²) in [7, 11) is 0. The van der Waals surface area contributed by atoms with Crippen LogP contribution in [0.1, 0.15) is 35.5 Å². The molecule has 7 heteroatoms. The Hall–Kier alpha value is -2.96. The summed E-state index contributed by atoms with van der Waals surface area (Å²) in [6.07, 6.45) is 2.49. The summed E-state index contributed by atoms with van der Waals surface area (Å²) in [5.74, 6) is 2.33. The van der Waals surface area contributed by atoms with Crippen molar-refractivity contribution >= 4 is 5.91 Å².